The third-order valence-corrected chi connectivity index (χ3v) is 4.61. The summed E-state index contributed by atoms with van der Waals surface area (Å²) in [6.45, 7) is 0. The van der Waals surface area contributed by atoms with Crippen LogP contribution in [0.5, 0.6) is 17.2 Å². The predicted molar refractivity (Wildman–Crippen MR) is 88.0 cm³/mol. The average Bonchev–Trinajstić information content (AvgIpc) is 3.41. The molecular weight excluding hydrogens is 369 g/mol. The predicted octanol–water partition coefficient (Wildman–Crippen LogP) is 2.58. The van der Waals surface area contributed by atoms with Crippen molar-refractivity contribution in [3.05, 3.63) is 17.7 Å². The number of methoxy groups -OCH3 is 3. The molecule has 1 aromatic carbocycles. The van der Waals surface area contributed by atoms with Crippen LogP contribution < -0.4 is 14.2 Å². The number of alkyl halides is 3. The lowest BCUT2D eigenvalue weighted by Gasteiger charge is -2.32. The SMILES string of the molecule is COc1cc(C(=O)N2N=C(C3CC3)C[C@@]2(O)C(F)(F)F)cc(OC)c1OC. The summed E-state index contributed by atoms with van der Waals surface area (Å²) in [7, 11) is 3.99. The minimum atomic E-state index is -5.07. The Morgan fingerprint density at radius 3 is 2.15 bits per heavy atom. The van der Waals surface area contributed by atoms with Gasteiger partial charge in [-0.25, -0.2) is 0 Å². The molecule has 1 N–H and O–H groups in total. The number of ether oxygens (including phenoxy) is 3. The lowest BCUT2D eigenvalue weighted by Crippen LogP contribution is -2.56. The highest BCUT2D eigenvalue weighted by Crippen LogP contribution is 2.46. The first-order valence-corrected chi connectivity index (χ1v) is 8.17. The molecule has 27 heavy (non-hydrogen) atoms. The van der Waals surface area contributed by atoms with Gasteiger partial charge in [0.25, 0.3) is 11.6 Å². The molecule has 1 aliphatic carbocycles. The van der Waals surface area contributed by atoms with Gasteiger partial charge in [0.2, 0.25) is 5.75 Å². The van der Waals surface area contributed by atoms with E-state index in [0.717, 1.165) is 0 Å². The second-order valence-electron chi connectivity index (χ2n) is 6.39. The topological polar surface area (TPSA) is 80.6 Å². The molecule has 10 heteroatoms. The lowest BCUT2D eigenvalue weighted by atomic mass is 10.0. The second-order valence-corrected chi connectivity index (χ2v) is 6.39. The van der Waals surface area contributed by atoms with Crippen LogP contribution in [-0.2, 0) is 0 Å². The summed E-state index contributed by atoms with van der Waals surface area (Å²) in [4.78, 5) is 12.8. The van der Waals surface area contributed by atoms with Crippen LogP contribution in [0.2, 0.25) is 0 Å². The molecule has 7 nitrogen and oxygen atoms in total. The van der Waals surface area contributed by atoms with Crippen LogP contribution in [0.4, 0.5) is 13.2 Å². The Bertz CT molecular complexity index is 766. The Morgan fingerprint density at radius 2 is 1.74 bits per heavy atom. The molecule has 1 fully saturated rings. The van der Waals surface area contributed by atoms with E-state index >= 15 is 0 Å². The molecule has 1 aliphatic heterocycles. The third-order valence-electron chi connectivity index (χ3n) is 4.61. The Labute approximate surface area is 153 Å². The van der Waals surface area contributed by atoms with E-state index in [1.165, 1.54) is 33.5 Å². The summed E-state index contributed by atoms with van der Waals surface area (Å²) in [6, 6.07) is 2.43. The van der Waals surface area contributed by atoms with Gasteiger partial charge in [-0.2, -0.15) is 23.3 Å². The summed E-state index contributed by atoms with van der Waals surface area (Å²) >= 11 is 0. The van der Waals surface area contributed by atoms with Gasteiger partial charge in [0.15, 0.2) is 11.5 Å². The molecule has 0 aromatic heterocycles. The highest BCUT2D eigenvalue weighted by Gasteiger charge is 2.64. The largest absolute Gasteiger partial charge is 0.493 e. The minimum absolute atomic E-state index is 0.0985. The highest BCUT2D eigenvalue weighted by molar-refractivity contribution is 6.00. The fraction of sp³-hybridized carbons (Fsp3) is 0.529. The van der Waals surface area contributed by atoms with Crippen LogP contribution in [-0.4, -0.2) is 55.0 Å². The molecule has 0 bridgehead atoms. The molecule has 0 unspecified atom stereocenters. The van der Waals surface area contributed by atoms with E-state index in [4.69, 9.17) is 14.2 Å². The number of carbonyl (C=O) groups excluding carboxylic acids is 1. The molecule has 1 aromatic rings. The molecule has 1 atom stereocenters. The van der Waals surface area contributed by atoms with E-state index < -0.39 is 24.2 Å². The van der Waals surface area contributed by atoms with E-state index in [1.807, 2.05) is 0 Å². The first kappa shape index (κ1) is 19.3. The van der Waals surface area contributed by atoms with Crippen LogP contribution in [0.1, 0.15) is 29.6 Å². The van der Waals surface area contributed by atoms with Gasteiger partial charge in [-0.15, -0.1) is 0 Å². The Balaban J connectivity index is 2.05. The van der Waals surface area contributed by atoms with Gasteiger partial charge in [-0.3, -0.25) is 4.79 Å². The second kappa shape index (κ2) is 6.59. The Morgan fingerprint density at radius 1 is 1.19 bits per heavy atom. The van der Waals surface area contributed by atoms with Gasteiger partial charge in [0.05, 0.1) is 21.3 Å². The molecule has 0 saturated heterocycles. The molecule has 0 radical (unpaired) electrons. The van der Waals surface area contributed by atoms with Crippen molar-refractivity contribution in [2.24, 2.45) is 11.0 Å². The maximum absolute atomic E-state index is 13.6. The van der Waals surface area contributed by atoms with Crippen molar-refractivity contribution in [2.75, 3.05) is 21.3 Å². The quantitative estimate of drug-likeness (QED) is 0.839. The Kier molecular flexibility index (Phi) is 4.71. The number of benzene rings is 1. The Hall–Kier alpha value is -2.49. The minimum Gasteiger partial charge on any atom is -0.493 e. The summed E-state index contributed by atoms with van der Waals surface area (Å²) < 4.78 is 56.0. The highest BCUT2D eigenvalue weighted by atomic mass is 19.4. The number of hydrazone groups is 1. The normalized spacial score (nSPS) is 22.5. The summed E-state index contributed by atoms with van der Waals surface area (Å²) in [6.07, 6.45) is -4.43. The number of hydrogen-bond acceptors (Lipinski definition) is 6. The monoisotopic (exact) mass is 388 g/mol. The maximum Gasteiger partial charge on any atom is 0.438 e. The molecule has 2 aliphatic rings. The van der Waals surface area contributed by atoms with Crippen LogP contribution in [0.25, 0.3) is 0 Å². The van der Waals surface area contributed by atoms with E-state index in [-0.39, 0.29) is 39.5 Å². The lowest BCUT2D eigenvalue weighted by molar-refractivity contribution is -0.297. The smallest absolute Gasteiger partial charge is 0.438 e. The number of nitrogens with zero attached hydrogens (tertiary/aromatic N) is 2. The summed E-state index contributed by atoms with van der Waals surface area (Å²) in [5.41, 5.74) is -3.40. The first-order valence-electron chi connectivity index (χ1n) is 8.17. The molecule has 1 amide bonds. The molecule has 3 rings (SSSR count). The van der Waals surface area contributed by atoms with Crippen LogP contribution in [0.15, 0.2) is 17.2 Å². The van der Waals surface area contributed by atoms with E-state index in [2.05, 4.69) is 5.10 Å². The van der Waals surface area contributed by atoms with Crippen molar-refractivity contribution < 1.29 is 37.3 Å². The van der Waals surface area contributed by atoms with E-state index in [9.17, 15) is 23.1 Å². The number of halogens is 3. The van der Waals surface area contributed by atoms with Crippen molar-refractivity contribution in [1.82, 2.24) is 5.01 Å². The van der Waals surface area contributed by atoms with Crippen LogP contribution >= 0.6 is 0 Å². The maximum atomic E-state index is 13.6. The molecule has 0 spiro atoms. The first-order chi connectivity index (χ1) is 12.7. The van der Waals surface area contributed by atoms with Crippen molar-refractivity contribution in [3.63, 3.8) is 0 Å². The zero-order chi connectivity index (χ0) is 20.0. The third kappa shape index (κ3) is 3.18. The van der Waals surface area contributed by atoms with Crippen molar-refractivity contribution >= 4 is 11.6 Å². The van der Waals surface area contributed by atoms with Gasteiger partial charge in [0.1, 0.15) is 0 Å². The van der Waals surface area contributed by atoms with Gasteiger partial charge in [0, 0.05) is 17.7 Å². The number of rotatable bonds is 5. The van der Waals surface area contributed by atoms with E-state index in [0.29, 0.717) is 12.8 Å². The molecule has 1 saturated carbocycles. The van der Waals surface area contributed by atoms with Crippen molar-refractivity contribution in [2.45, 2.75) is 31.2 Å². The van der Waals surface area contributed by atoms with Crippen molar-refractivity contribution in [3.8, 4) is 17.2 Å². The summed E-state index contributed by atoms with van der Waals surface area (Å²) in [5, 5.41) is 14.2. The van der Waals surface area contributed by atoms with Crippen LogP contribution in [0, 0.1) is 5.92 Å². The number of carbonyl (C=O) groups is 1. The summed E-state index contributed by atoms with van der Waals surface area (Å²) in [5.74, 6) is -0.866. The van der Waals surface area contributed by atoms with Gasteiger partial charge in [-0.1, -0.05) is 0 Å². The molecule has 1 heterocycles. The fourth-order valence-electron chi connectivity index (χ4n) is 2.98. The molecule has 148 valence electrons. The van der Waals surface area contributed by atoms with Gasteiger partial charge < -0.3 is 19.3 Å². The van der Waals surface area contributed by atoms with E-state index in [1.54, 1.807) is 0 Å². The number of hydrogen-bond donors (Lipinski definition) is 1. The molecular formula is C17H19F3N2O5. The zero-order valence-electron chi connectivity index (χ0n) is 15.0. The van der Waals surface area contributed by atoms with Crippen molar-refractivity contribution in [1.29, 1.82) is 0 Å². The van der Waals surface area contributed by atoms with Crippen LogP contribution in [0.3, 0.4) is 0 Å². The standard InChI is InChI=1S/C17H19F3N2O5/c1-25-12-6-10(7-13(26-2)14(12)27-3)15(23)22-16(24,17(18,19)20)8-11(21-22)9-4-5-9/h6-7,9,24H,4-5,8H2,1-3H3/t16-/m1/s1. The number of amides is 1. The zero-order valence-corrected chi connectivity index (χ0v) is 15.0. The van der Waals surface area contributed by atoms with Gasteiger partial charge >= 0.3 is 6.18 Å². The van der Waals surface area contributed by atoms with Gasteiger partial charge in [-0.05, 0) is 30.9 Å². The fourth-order valence-corrected chi connectivity index (χ4v) is 2.98. The average molecular weight is 388 g/mol. The number of aliphatic hydroxyl groups is 1.